The average molecular weight is 280 g/mol. The molecule has 0 saturated heterocycles. The van der Waals surface area contributed by atoms with Crippen molar-refractivity contribution >= 4 is 21.7 Å². The molecule has 0 spiro atoms. The molecule has 1 aromatic rings. The summed E-state index contributed by atoms with van der Waals surface area (Å²) in [5.74, 6) is 2.27. The van der Waals surface area contributed by atoms with Gasteiger partial charge >= 0.3 is 0 Å². The van der Waals surface area contributed by atoms with E-state index in [9.17, 15) is 4.79 Å². The van der Waals surface area contributed by atoms with Gasteiger partial charge in [0.1, 0.15) is 5.78 Å². The molecule has 2 aliphatic carbocycles. The van der Waals surface area contributed by atoms with Gasteiger partial charge in [-0.2, -0.15) is 0 Å². The van der Waals surface area contributed by atoms with E-state index in [2.05, 4.69) is 20.9 Å². The highest BCUT2D eigenvalue weighted by molar-refractivity contribution is 9.10. The third-order valence-corrected chi connectivity index (χ3v) is 4.35. The number of carbonyl (C=O) groups excluding carboxylic acids is 1. The minimum atomic E-state index is 0.382. The fourth-order valence-electron chi connectivity index (χ4n) is 3.17. The van der Waals surface area contributed by atoms with Crippen LogP contribution < -0.4 is 0 Å². The predicted molar refractivity (Wildman–Crippen MR) is 65.0 cm³/mol. The van der Waals surface area contributed by atoms with Crippen molar-refractivity contribution in [3.05, 3.63) is 28.5 Å². The Morgan fingerprint density at radius 2 is 2.12 bits per heavy atom. The fraction of sp³-hybridized carbons (Fsp3) is 0.538. The number of halogens is 1. The Hall–Kier alpha value is -0.700. The van der Waals surface area contributed by atoms with Crippen LogP contribution in [0.3, 0.4) is 0 Å². The van der Waals surface area contributed by atoms with Crippen molar-refractivity contribution in [2.45, 2.75) is 25.7 Å². The van der Waals surface area contributed by atoms with E-state index in [1.807, 2.05) is 6.07 Å². The smallest absolute Gasteiger partial charge is 0.140 e. The second-order valence-corrected chi connectivity index (χ2v) is 5.85. The number of hydrogen-bond acceptors (Lipinski definition) is 2. The minimum Gasteiger partial charge on any atom is -0.299 e. The van der Waals surface area contributed by atoms with Crippen LogP contribution in [0, 0.1) is 17.8 Å². The van der Waals surface area contributed by atoms with E-state index < -0.39 is 0 Å². The molecule has 0 N–H and O–H groups in total. The van der Waals surface area contributed by atoms with Crippen LogP contribution in [0.2, 0.25) is 0 Å². The van der Waals surface area contributed by atoms with Crippen LogP contribution in [-0.2, 0) is 11.2 Å². The van der Waals surface area contributed by atoms with Crippen LogP contribution in [0.4, 0.5) is 0 Å². The molecule has 2 fully saturated rings. The Morgan fingerprint density at radius 1 is 1.38 bits per heavy atom. The van der Waals surface area contributed by atoms with Gasteiger partial charge in [-0.15, -0.1) is 0 Å². The van der Waals surface area contributed by atoms with Crippen molar-refractivity contribution in [1.29, 1.82) is 0 Å². The number of nitrogens with zero attached hydrogens (tertiary/aromatic N) is 1. The zero-order valence-electron chi connectivity index (χ0n) is 9.03. The zero-order valence-corrected chi connectivity index (χ0v) is 10.6. The first kappa shape index (κ1) is 10.5. The molecule has 0 radical (unpaired) electrons. The third kappa shape index (κ3) is 1.81. The second-order valence-electron chi connectivity index (χ2n) is 4.94. The first-order valence-electron chi connectivity index (χ1n) is 5.88. The SMILES string of the molecule is O=C(Cc1cncc(Br)c1)C1C2CCCC21. The van der Waals surface area contributed by atoms with Crippen molar-refractivity contribution in [3.8, 4) is 0 Å². The maximum absolute atomic E-state index is 12.1. The van der Waals surface area contributed by atoms with Gasteiger partial charge in [-0.05, 0) is 52.2 Å². The molecule has 2 unspecified atom stereocenters. The monoisotopic (exact) mass is 279 g/mol. The summed E-state index contributed by atoms with van der Waals surface area (Å²) < 4.78 is 0.953. The number of rotatable bonds is 3. The highest BCUT2D eigenvalue weighted by Crippen LogP contribution is 2.58. The molecule has 2 saturated carbocycles. The van der Waals surface area contributed by atoms with Gasteiger partial charge in [0.05, 0.1) is 0 Å². The van der Waals surface area contributed by atoms with Crippen LogP contribution in [0.5, 0.6) is 0 Å². The van der Waals surface area contributed by atoms with Crippen LogP contribution in [0.1, 0.15) is 24.8 Å². The van der Waals surface area contributed by atoms with Crippen LogP contribution in [-0.4, -0.2) is 10.8 Å². The van der Waals surface area contributed by atoms with E-state index >= 15 is 0 Å². The summed E-state index contributed by atoms with van der Waals surface area (Å²) >= 11 is 3.38. The van der Waals surface area contributed by atoms with Gasteiger partial charge in [-0.1, -0.05) is 6.42 Å². The number of pyridine rings is 1. The summed E-state index contributed by atoms with van der Waals surface area (Å²) in [6.07, 6.45) is 7.98. The first-order chi connectivity index (χ1) is 7.75. The van der Waals surface area contributed by atoms with Crippen LogP contribution >= 0.6 is 15.9 Å². The molecule has 3 heteroatoms. The number of Topliss-reactive ketones (excluding diaryl/α,β-unsaturated/α-hetero) is 1. The molecular formula is C13H14BrNO. The van der Waals surface area contributed by atoms with E-state index in [0.717, 1.165) is 21.9 Å². The lowest BCUT2D eigenvalue weighted by atomic mass is 10.0. The van der Waals surface area contributed by atoms with Gasteiger partial charge in [-0.3, -0.25) is 9.78 Å². The topological polar surface area (TPSA) is 30.0 Å². The molecule has 0 aliphatic heterocycles. The maximum atomic E-state index is 12.1. The second kappa shape index (κ2) is 3.95. The van der Waals surface area contributed by atoms with Gasteiger partial charge in [0.25, 0.3) is 0 Å². The Labute approximate surface area is 104 Å². The van der Waals surface area contributed by atoms with E-state index in [4.69, 9.17) is 0 Å². The van der Waals surface area contributed by atoms with Crippen LogP contribution in [0.25, 0.3) is 0 Å². The Bertz CT molecular complexity index is 422. The molecule has 1 aromatic heterocycles. The molecule has 0 aromatic carbocycles. The third-order valence-electron chi connectivity index (χ3n) is 3.92. The molecule has 84 valence electrons. The molecule has 1 heterocycles. The molecule has 3 rings (SSSR count). The van der Waals surface area contributed by atoms with E-state index in [1.165, 1.54) is 19.3 Å². The molecule has 2 atom stereocenters. The number of fused-ring (bicyclic) bond motifs is 1. The number of ketones is 1. The van der Waals surface area contributed by atoms with Crippen LogP contribution in [0.15, 0.2) is 22.9 Å². The summed E-state index contributed by atoms with van der Waals surface area (Å²) in [5, 5.41) is 0. The standard InChI is InChI=1S/C13H14BrNO/c14-9-4-8(6-15-7-9)5-12(16)13-10-2-1-3-11(10)13/h4,6-7,10-11,13H,1-3,5H2. The minimum absolute atomic E-state index is 0.382. The molecule has 2 aliphatic rings. The first-order valence-corrected chi connectivity index (χ1v) is 6.67. The van der Waals surface area contributed by atoms with Crippen molar-refractivity contribution in [1.82, 2.24) is 4.98 Å². The lowest BCUT2D eigenvalue weighted by Gasteiger charge is -2.03. The molecule has 16 heavy (non-hydrogen) atoms. The lowest BCUT2D eigenvalue weighted by molar-refractivity contribution is -0.120. The summed E-state index contributed by atoms with van der Waals surface area (Å²) in [7, 11) is 0. The summed E-state index contributed by atoms with van der Waals surface area (Å²) in [4.78, 5) is 16.1. The Kier molecular flexibility index (Phi) is 2.58. The van der Waals surface area contributed by atoms with Gasteiger partial charge in [0.2, 0.25) is 0 Å². The van der Waals surface area contributed by atoms with E-state index in [-0.39, 0.29) is 0 Å². The highest BCUT2D eigenvalue weighted by Gasteiger charge is 2.55. The van der Waals surface area contributed by atoms with Gasteiger partial charge in [0.15, 0.2) is 0 Å². The lowest BCUT2D eigenvalue weighted by Crippen LogP contribution is -2.09. The number of carbonyl (C=O) groups is 1. The van der Waals surface area contributed by atoms with Crippen molar-refractivity contribution in [2.24, 2.45) is 17.8 Å². The normalized spacial score (nSPS) is 31.2. The van der Waals surface area contributed by atoms with Crippen molar-refractivity contribution in [3.63, 3.8) is 0 Å². The van der Waals surface area contributed by atoms with Gasteiger partial charge in [-0.25, -0.2) is 0 Å². The average Bonchev–Trinajstić information content (AvgIpc) is 2.73. The summed E-state index contributed by atoms with van der Waals surface area (Å²) in [6.45, 7) is 0. The molecule has 0 amide bonds. The fourth-order valence-corrected chi connectivity index (χ4v) is 3.58. The largest absolute Gasteiger partial charge is 0.299 e. The number of aromatic nitrogens is 1. The quantitative estimate of drug-likeness (QED) is 0.852. The molecule has 0 bridgehead atoms. The molecular weight excluding hydrogens is 266 g/mol. The van der Waals surface area contributed by atoms with E-state index in [1.54, 1.807) is 12.4 Å². The number of hydrogen-bond donors (Lipinski definition) is 0. The van der Waals surface area contributed by atoms with Gasteiger partial charge < -0.3 is 0 Å². The summed E-state index contributed by atoms with van der Waals surface area (Å²) in [6, 6.07) is 1.99. The predicted octanol–water partition coefficient (Wildman–Crippen LogP) is 3.00. The zero-order chi connectivity index (χ0) is 11.1. The van der Waals surface area contributed by atoms with E-state index in [0.29, 0.717) is 18.1 Å². The van der Waals surface area contributed by atoms with Gasteiger partial charge in [0, 0.05) is 29.2 Å². The maximum Gasteiger partial charge on any atom is 0.140 e. The highest BCUT2D eigenvalue weighted by atomic mass is 79.9. The Morgan fingerprint density at radius 3 is 2.81 bits per heavy atom. The van der Waals surface area contributed by atoms with Crippen molar-refractivity contribution < 1.29 is 4.79 Å². The molecule has 2 nitrogen and oxygen atoms in total. The summed E-state index contributed by atoms with van der Waals surface area (Å²) in [5.41, 5.74) is 1.03. The Balaban J connectivity index is 1.65. The van der Waals surface area contributed by atoms with Crippen molar-refractivity contribution in [2.75, 3.05) is 0 Å².